The van der Waals surface area contributed by atoms with Crippen molar-refractivity contribution in [2.45, 2.75) is 19.4 Å². The smallest absolute Gasteiger partial charge is 0.190 e. The van der Waals surface area contributed by atoms with Gasteiger partial charge in [-0.05, 0) is 43.2 Å². The second kappa shape index (κ2) is 8.27. The van der Waals surface area contributed by atoms with E-state index in [-0.39, 0.29) is 0 Å². The molecule has 27 heavy (non-hydrogen) atoms. The quantitative estimate of drug-likeness (QED) is 0.368. The van der Waals surface area contributed by atoms with Crippen LogP contribution in [0.1, 0.15) is 12.8 Å². The Labute approximate surface area is 163 Å². The minimum atomic E-state index is 0.754. The summed E-state index contributed by atoms with van der Waals surface area (Å²) in [6.07, 6.45) is 6.45. The lowest BCUT2D eigenvalue weighted by Crippen LogP contribution is -2.08. The Bertz CT molecular complexity index is 960. The van der Waals surface area contributed by atoms with E-state index >= 15 is 0 Å². The number of anilines is 2. The fraction of sp³-hybridized carbons (Fsp3) is 0.227. The summed E-state index contributed by atoms with van der Waals surface area (Å²) in [6, 6.07) is 20.4. The summed E-state index contributed by atoms with van der Waals surface area (Å²) in [7, 11) is 2.07. The minimum Gasteiger partial charge on any atom is -0.494 e. The molecule has 0 aliphatic heterocycles. The van der Waals surface area contributed by atoms with Crippen LogP contribution < -0.4 is 9.64 Å². The highest BCUT2D eigenvalue weighted by atomic mass is 32.1. The third-order valence-electron chi connectivity index (χ3n) is 4.51. The highest BCUT2D eigenvalue weighted by Crippen LogP contribution is 2.32. The molecule has 4 nitrogen and oxygen atoms in total. The zero-order chi connectivity index (χ0) is 18.5. The van der Waals surface area contributed by atoms with Gasteiger partial charge in [-0.3, -0.25) is 0 Å². The Morgan fingerprint density at radius 1 is 1.00 bits per heavy atom. The van der Waals surface area contributed by atoms with Crippen molar-refractivity contribution in [3.63, 3.8) is 0 Å². The molecule has 0 spiro atoms. The van der Waals surface area contributed by atoms with Gasteiger partial charge in [-0.1, -0.05) is 41.7 Å². The van der Waals surface area contributed by atoms with Gasteiger partial charge in [-0.2, -0.15) is 0 Å². The number of benzene rings is 2. The predicted octanol–water partition coefficient (Wildman–Crippen LogP) is 5.72. The molecule has 0 saturated carbocycles. The van der Waals surface area contributed by atoms with Gasteiger partial charge in [0.2, 0.25) is 0 Å². The summed E-state index contributed by atoms with van der Waals surface area (Å²) in [4.78, 5) is 6.88. The van der Waals surface area contributed by atoms with E-state index in [0.717, 1.165) is 48.1 Å². The number of thiazole rings is 1. The summed E-state index contributed by atoms with van der Waals surface area (Å²) in [5, 5.41) is 1.02. The molecule has 2 aromatic heterocycles. The van der Waals surface area contributed by atoms with Crippen molar-refractivity contribution in [1.29, 1.82) is 0 Å². The molecule has 4 aromatic rings. The van der Waals surface area contributed by atoms with Crippen LogP contribution in [0.3, 0.4) is 0 Å². The molecule has 0 unspecified atom stereocenters. The normalized spacial score (nSPS) is 11.0. The SMILES string of the molecule is CN(c1ccn(CCCCOc2ccccc2)c1)c1nc2ccccc2s1. The van der Waals surface area contributed by atoms with Crippen molar-refractivity contribution in [2.24, 2.45) is 0 Å². The second-order valence-electron chi connectivity index (χ2n) is 6.50. The maximum absolute atomic E-state index is 5.75. The number of aryl methyl sites for hydroxylation is 1. The Morgan fingerprint density at radius 3 is 2.67 bits per heavy atom. The van der Waals surface area contributed by atoms with Gasteiger partial charge in [0.05, 0.1) is 22.5 Å². The number of hydrogen-bond acceptors (Lipinski definition) is 4. The Morgan fingerprint density at radius 2 is 1.81 bits per heavy atom. The molecule has 2 aromatic carbocycles. The van der Waals surface area contributed by atoms with Crippen LogP contribution in [-0.2, 0) is 6.54 Å². The van der Waals surface area contributed by atoms with Gasteiger partial charge in [-0.25, -0.2) is 4.98 Å². The van der Waals surface area contributed by atoms with E-state index in [1.165, 1.54) is 4.70 Å². The van der Waals surface area contributed by atoms with Gasteiger partial charge < -0.3 is 14.2 Å². The lowest BCUT2D eigenvalue weighted by atomic mass is 10.3. The van der Waals surface area contributed by atoms with E-state index in [0.29, 0.717) is 0 Å². The average Bonchev–Trinajstić information content (AvgIpc) is 3.35. The number of nitrogens with zero attached hydrogens (tertiary/aromatic N) is 3. The van der Waals surface area contributed by atoms with Crippen LogP contribution in [-0.4, -0.2) is 23.2 Å². The van der Waals surface area contributed by atoms with Crippen LogP contribution >= 0.6 is 11.3 Å². The van der Waals surface area contributed by atoms with E-state index < -0.39 is 0 Å². The van der Waals surface area contributed by atoms with E-state index in [9.17, 15) is 0 Å². The van der Waals surface area contributed by atoms with Crippen molar-refractivity contribution in [1.82, 2.24) is 9.55 Å². The fourth-order valence-electron chi connectivity index (χ4n) is 2.98. The summed E-state index contributed by atoms with van der Waals surface area (Å²) in [5.41, 5.74) is 2.22. The molecule has 2 heterocycles. The van der Waals surface area contributed by atoms with Crippen LogP contribution in [0.5, 0.6) is 5.75 Å². The first kappa shape index (κ1) is 17.6. The molecule has 0 radical (unpaired) electrons. The molecule has 0 N–H and O–H groups in total. The van der Waals surface area contributed by atoms with Crippen molar-refractivity contribution in [3.05, 3.63) is 73.1 Å². The highest BCUT2D eigenvalue weighted by molar-refractivity contribution is 7.22. The molecule has 4 rings (SSSR count). The molecule has 0 amide bonds. The molecule has 0 fully saturated rings. The zero-order valence-corrected chi connectivity index (χ0v) is 16.2. The highest BCUT2D eigenvalue weighted by Gasteiger charge is 2.11. The number of hydrogen-bond donors (Lipinski definition) is 0. The minimum absolute atomic E-state index is 0.754. The fourth-order valence-corrected chi connectivity index (χ4v) is 3.93. The molecule has 0 aliphatic rings. The third kappa shape index (κ3) is 4.31. The van der Waals surface area contributed by atoms with E-state index in [1.807, 2.05) is 36.4 Å². The molecule has 0 aliphatic carbocycles. The Balaban J connectivity index is 1.29. The van der Waals surface area contributed by atoms with Crippen LogP contribution in [0.25, 0.3) is 10.2 Å². The summed E-state index contributed by atoms with van der Waals surface area (Å²) < 4.78 is 9.21. The Hall–Kier alpha value is -2.79. The van der Waals surface area contributed by atoms with Gasteiger partial charge in [0, 0.05) is 26.0 Å². The molecular weight excluding hydrogens is 354 g/mol. The van der Waals surface area contributed by atoms with Crippen LogP contribution in [0, 0.1) is 0 Å². The number of rotatable bonds is 8. The van der Waals surface area contributed by atoms with Gasteiger partial charge >= 0.3 is 0 Å². The van der Waals surface area contributed by atoms with Crippen molar-refractivity contribution >= 4 is 32.4 Å². The first-order chi connectivity index (χ1) is 13.3. The van der Waals surface area contributed by atoms with E-state index in [1.54, 1.807) is 11.3 Å². The van der Waals surface area contributed by atoms with Crippen LogP contribution in [0.15, 0.2) is 73.1 Å². The molecule has 5 heteroatoms. The largest absolute Gasteiger partial charge is 0.494 e. The van der Waals surface area contributed by atoms with Crippen LogP contribution in [0.4, 0.5) is 10.8 Å². The van der Waals surface area contributed by atoms with E-state index in [2.05, 4.69) is 53.2 Å². The average molecular weight is 378 g/mol. The molecule has 0 bridgehead atoms. The predicted molar refractivity (Wildman–Crippen MR) is 113 cm³/mol. The van der Waals surface area contributed by atoms with Crippen LogP contribution in [0.2, 0.25) is 0 Å². The molecular formula is C22H23N3OS. The van der Waals surface area contributed by atoms with E-state index in [4.69, 9.17) is 9.72 Å². The molecule has 0 atom stereocenters. The number of fused-ring (bicyclic) bond motifs is 1. The van der Waals surface area contributed by atoms with Gasteiger partial charge in [0.25, 0.3) is 0 Å². The maximum Gasteiger partial charge on any atom is 0.190 e. The third-order valence-corrected chi connectivity index (χ3v) is 5.63. The second-order valence-corrected chi connectivity index (χ2v) is 7.51. The zero-order valence-electron chi connectivity index (χ0n) is 15.4. The summed E-state index contributed by atoms with van der Waals surface area (Å²) >= 11 is 1.72. The monoisotopic (exact) mass is 377 g/mol. The van der Waals surface area contributed by atoms with Gasteiger partial charge in [0.15, 0.2) is 5.13 Å². The summed E-state index contributed by atoms with van der Waals surface area (Å²) in [5.74, 6) is 0.943. The first-order valence-corrected chi connectivity index (χ1v) is 10.0. The van der Waals surface area contributed by atoms with Crippen molar-refractivity contribution in [2.75, 3.05) is 18.6 Å². The maximum atomic E-state index is 5.75. The number of aromatic nitrogens is 2. The lowest BCUT2D eigenvalue weighted by molar-refractivity contribution is 0.303. The topological polar surface area (TPSA) is 30.3 Å². The Kier molecular flexibility index (Phi) is 5.39. The molecule has 0 saturated heterocycles. The standard InChI is InChI=1S/C22H23N3OS/c1-24(22-23-20-11-5-6-12-21(20)27-22)18-13-15-25(17-18)14-7-8-16-26-19-9-3-2-4-10-19/h2-6,9-13,15,17H,7-8,14,16H2,1H3. The van der Waals surface area contributed by atoms with Crippen molar-refractivity contribution < 1.29 is 4.74 Å². The summed E-state index contributed by atoms with van der Waals surface area (Å²) in [6.45, 7) is 1.75. The number of unbranched alkanes of at least 4 members (excludes halogenated alkanes) is 1. The number of ether oxygens (including phenoxy) is 1. The number of para-hydroxylation sites is 2. The van der Waals surface area contributed by atoms with Crippen molar-refractivity contribution in [3.8, 4) is 5.75 Å². The van der Waals surface area contributed by atoms with Gasteiger partial charge in [0.1, 0.15) is 5.75 Å². The molecule has 138 valence electrons. The first-order valence-electron chi connectivity index (χ1n) is 9.22. The van der Waals surface area contributed by atoms with Gasteiger partial charge in [-0.15, -0.1) is 0 Å². The lowest BCUT2D eigenvalue weighted by Gasteiger charge is -2.13.